The van der Waals surface area contributed by atoms with E-state index in [2.05, 4.69) is 30.8 Å². The molecule has 2 amide bonds. The van der Waals surface area contributed by atoms with Gasteiger partial charge in [0, 0.05) is 24.0 Å². The third-order valence-corrected chi connectivity index (χ3v) is 6.42. The molecule has 0 spiro atoms. The van der Waals surface area contributed by atoms with Crippen LogP contribution in [-0.2, 0) is 23.3 Å². The predicted molar refractivity (Wildman–Crippen MR) is 118 cm³/mol. The maximum atomic E-state index is 13.3. The first-order chi connectivity index (χ1) is 17.1. The van der Waals surface area contributed by atoms with Gasteiger partial charge < -0.3 is 19.9 Å². The van der Waals surface area contributed by atoms with Crippen molar-refractivity contribution in [2.75, 3.05) is 5.32 Å². The van der Waals surface area contributed by atoms with E-state index in [1.54, 1.807) is 11.5 Å². The highest BCUT2D eigenvalue weighted by atomic mass is 19.4. The molecule has 0 saturated heterocycles. The molecule has 1 fully saturated rings. The minimum absolute atomic E-state index is 0.0872. The first-order valence-electron chi connectivity index (χ1n) is 11.2. The number of fused-ring (bicyclic) bond motifs is 1. The summed E-state index contributed by atoms with van der Waals surface area (Å²) in [5.74, 6) is -2.64. The van der Waals surface area contributed by atoms with E-state index in [9.17, 15) is 27.6 Å². The van der Waals surface area contributed by atoms with Crippen LogP contribution in [0.2, 0.25) is 0 Å². The van der Waals surface area contributed by atoms with Gasteiger partial charge in [-0.3, -0.25) is 19.5 Å². The second kappa shape index (κ2) is 8.50. The first-order valence-corrected chi connectivity index (χ1v) is 11.2. The molecule has 0 atom stereocenters. The van der Waals surface area contributed by atoms with Gasteiger partial charge in [-0.05, 0) is 50.3 Å². The number of alkyl halides is 3. The molecule has 1 aliphatic heterocycles. The van der Waals surface area contributed by atoms with Gasteiger partial charge >= 0.3 is 6.36 Å². The predicted octanol–water partition coefficient (Wildman–Crippen LogP) is 3.00. The molecular formula is C23H21F3N6O4. The lowest BCUT2D eigenvalue weighted by Crippen LogP contribution is -2.40. The largest absolute Gasteiger partial charge is 0.573 e. The van der Waals surface area contributed by atoms with E-state index in [0.717, 1.165) is 12.1 Å². The smallest absolute Gasteiger partial charge is 0.406 e. The Balaban J connectivity index is 1.39. The summed E-state index contributed by atoms with van der Waals surface area (Å²) < 4.78 is 43.2. The molecule has 3 heterocycles. The molecule has 36 heavy (non-hydrogen) atoms. The summed E-state index contributed by atoms with van der Waals surface area (Å²) in [6.45, 7) is 2.05. The Morgan fingerprint density at radius 3 is 2.67 bits per heavy atom. The van der Waals surface area contributed by atoms with Crippen molar-refractivity contribution in [1.29, 1.82) is 0 Å². The van der Waals surface area contributed by atoms with Gasteiger partial charge in [0.1, 0.15) is 11.4 Å². The maximum Gasteiger partial charge on any atom is 0.573 e. The van der Waals surface area contributed by atoms with Crippen LogP contribution in [0.25, 0.3) is 0 Å². The van der Waals surface area contributed by atoms with E-state index in [1.165, 1.54) is 18.3 Å². The molecule has 2 aromatic heterocycles. The number of benzene rings is 1. The van der Waals surface area contributed by atoms with Crippen LogP contribution < -0.4 is 15.4 Å². The summed E-state index contributed by atoms with van der Waals surface area (Å²) >= 11 is 0. The van der Waals surface area contributed by atoms with E-state index in [1.807, 2.05) is 0 Å². The lowest BCUT2D eigenvalue weighted by Gasteiger charge is -2.14. The number of Topliss-reactive ketones (excluding diaryl/α,β-unsaturated/α-hetero) is 1. The molecule has 2 aliphatic rings. The van der Waals surface area contributed by atoms with Crippen molar-refractivity contribution >= 4 is 23.3 Å². The van der Waals surface area contributed by atoms with E-state index in [4.69, 9.17) is 0 Å². The number of hydrogen-bond acceptors (Lipinski definition) is 6. The summed E-state index contributed by atoms with van der Waals surface area (Å²) in [4.78, 5) is 39.4. The van der Waals surface area contributed by atoms with Crippen LogP contribution in [0.15, 0.2) is 30.5 Å². The molecule has 13 heteroatoms. The third kappa shape index (κ3) is 4.32. The number of ketones is 1. The summed E-state index contributed by atoms with van der Waals surface area (Å²) in [5, 5.41) is 15.4. The molecule has 5 rings (SSSR count). The fourth-order valence-corrected chi connectivity index (χ4v) is 4.68. The lowest BCUT2D eigenvalue weighted by molar-refractivity contribution is -0.274. The second-order valence-electron chi connectivity index (χ2n) is 8.82. The van der Waals surface area contributed by atoms with Gasteiger partial charge in [0.15, 0.2) is 0 Å². The number of anilines is 1. The molecule has 1 saturated carbocycles. The number of H-pyrrole nitrogens is 1. The monoisotopic (exact) mass is 502 g/mol. The number of hydrogen-bond donors (Lipinski definition) is 3. The zero-order valence-electron chi connectivity index (χ0n) is 19.0. The van der Waals surface area contributed by atoms with Crippen molar-refractivity contribution in [2.24, 2.45) is 0 Å². The van der Waals surface area contributed by atoms with E-state index in [-0.39, 0.29) is 16.9 Å². The quantitative estimate of drug-likeness (QED) is 0.336. The standard InChI is InChI=1S/C23H21F3N6O4/c1-12-17(19(33)21(35)29-22(7-8-22)16-11-27-31-30-16)15-6-3-9-32(15)18(12)20(34)28-13-4-2-5-14(10-13)36-23(24,25)26/h2,4-5,10-11H,3,6-9H2,1H3,(H,28,34)(H,29,35)(H,27,30,31). The van der Waals surface area contributed by atoms with Crippen molar-refractivity contribution in [3.63, 3.8) is 0 Å². The number of carbonyl (C=O) groups excluding carboxylic acids is 3. The van der Waals surface area contributed by atoms with Gasteiger partial charge in [-0.1, -0.05) is 11.3 Å². The molecule has 10 nitrogen and oxygen atoms in total. The fourth-order valence-electron chi connectivity index (χ4n) is 4.68. The van der Waals surface area contributed by atoms with Gasteiger partial charge in [0.25, 0.3) is 17.6 Å². The molecular weight excluding hydrogens is 481 g/mol. The Morgan fingerprint density at radius 1 is 1.22 bits per heavy atom. The summed E-state index contributed by atoms with van der Waals surface area (Å²) in [5.41, 5.74) is 1.25. The van der Waals surface area contributed by atoms with Crippen LogP contribution in [0.5, 0.6) is 5.75 Å². The Kier molecular flexibility index (Phi) is 5.57. The van der Waals surface area contributed by atoms with Crippen LogP contribution in [0.1, 0.15) is 57.1 Å². The topological polar surface area (TPSA) is 131 Å². The lowest BCUT2D eigenvalue weighted by atomic mass is 10.0. The van der Waals surface area contributed by atoms with Crippen LogP contribution in [-0.4, -0.2) is 43.9 Å². The Labute approximate surface area is 202 Å². The molecule has 0 bridgehead atoms. The van der Waals surface area contributed by atoms with Crippen molar-refractivity contribution in [2.45, 2.75) is 51.1 Å². The minimum atomic E-state index is -4.87. The van der Waals surface area contributed by atoms with Gasteiger partial charge in [0.05, 0.1) is 23.0 Å². The SMILES string of the molecule is Cc1c(C(=O)C(=O)NC2(c3cnn[nH]3)CC2)c2n(c1C(=O)Nc1cccc(OC(F)(F)F)c1)CCC2. The molecule has 3 aromatic rings. The van der Waals surface area contributed by atoms with E-state index >= 15 is 0 Å². The molecule has 1 aromatic carbocycles. The highest BCUT2D eigenvalue weighted by Crippen LogP contribution is 2.44. The van der Waals surface area contributed by atoms with E-state index < -0.39 is 35.2 Å². The molecule has 0 radical (unpaired) electrons. The van der Waals surface area contributed by atoms with Crippen molar-refractivity contribution in [1.82, 2.24) is 25.3 Å². The number of aromatic nitrogens is 4. The minimum Gasteiger partial charge on any atom is -0.406 e. The van der Waals surface area contributed by atoms with Crippen molar-refractivity contribution in [3.05, 3.63) is 58.7 Å². The normalized spacial score (nSPS) is 15.8. The van der Waals surface area contributed by atoms with Gasteiger partial charge in [0.2, 0.25) is 0 Å². The average Bonchev–Trinajstić information content (AvgIpc) is 3.16. The highest BCUT2D eigenvalue weighted by Gasteiger charge is 2.48. The number of nitrogens with zero attached hydrogens (tertiary/aromatic N) is 3. The third-order valence-electron chi connectivity index (χ3n) is 6.42. The number of carbonyl (C=O) groups is 3. The number of ether oxygens (including phenoxy) is 1. The molecule has 0 unspecified atom stereocenters. The van der Waals surface area contributed by atoms with Gasteiger partial charge in [-0.2, -0.15) is 0 Å². The van der Waals surface area contributed by atoms with E-state index in [0.29, 0.717) is 49.2 Å². The summed E-state index contributed by atoms with van der Waals surface area (Å²) in [7, 11) is 0. The Hall–Kier alpha value is -4.16. The molecule has 188 valence electrons. The Morgan fingerprint density at radius 2 is 2.00 bits per heavy atom. The van der Waals surface area contributed by atoms with Crippen molar-refractivity contribution in [3.8, 4) is 5.75 Å². The number of amides is 2. The fraction of sp³-hybridized carbons (Fsp3) is 0.348. The molecule has 3 N–H and O–H groups in total. The van der Waals surface area contributed by atoms with Crippen LogP contribution >= 0.6 is 0 Å². The van der Waals surface area contributed by atoms with Crippen LogP contribution in [0, 0.1) is 6.92 Å². The summed E-state index contributed by atoms with van der Waals surface area (Å²) in [6.07, 6.45) is -0.925. The molecule has 1 aliphatic carbocycles. The zero-order valence-corrected chi connectivity index (χ0v) is 19.0. The van der Waals surface area contributed by atoms with Gasteiger partial charge in [-0.25, -0.2) is 0 Å². The maximum absolute atomic E-state index is 13.3. The summed E-state index contributed by atoms with van der Waals surface area (Å²) in [6, 6.07) is 4.90. The van der Waals surface area contributed by atoms with Crippen LogP contribution in [0.4, 0.5) is 18.9 Å². The average molecular weight is 502 g/mol. The van der Waals surface area contributed by atoms with Crippen molar-refractivity contribution < 1.29 is 32.3 Å². The Bertz CT molecular complexity index is 1360. The second-order valence-corrected chi connectivity index (χ2v) is 8.82. The van der Waals surface area contributed by atoms with Gasteiger partial charge in [-0.15, -0.1) is 18.3 Å². The number of rotatable bonds is 7. The van der Waals surface area contributed by atoms with Crippen LogP contribution in [0.3, 0.4) is 0 Å². The highest BCUT2D eigenvalue weighted by molar-refractivity contribution is 6.44. The number of nitrogens with one attached hydrogen (secondary N) is 3. The number of halogens is 3. The first kappa shape index (κ1) is 23.6. The number of aromatic amines is 1. The zero-order chi connectivity index (χ0) is 25.7.